The molecule has 1 aromatic rings. The fourth-order valence-corrected chi connectivity index (χ4v) is 1.44. The summed E-state index contributed by atoms with van der Waals surface area (Å²) in [6.45, 7) is 3.96. The Labute approximate surface area is 118 Å². The molecule has 0 saturated carbocycles. The SMILES string of the molecule is CC(C)NC(=O)CN(C)c1nc(NN)nc(N(C)C)n1. The number of nitrogens with one attached hydrogen (secondary N) is 2. The topological polar surface area (TPSA) is 112 Å². The van der Waals surface area contributed by atoms with E-state index in [9.17, 15) is 4.79 Å². The highest BCUT2D eigenvalue weighted by Crippen LogP contribution is 2.13. The number of likely N-dealkylation sites (N-methyl/N-ethyl adjacent to an activating group) is 1. The van der Waals surface area contributed by atoms with Crippen molar-refractivity contribution in [2.45, 2.75) is 19.9 Å². The molecule has 20 heavy (non-hydrogen) atoms. The van der Waals surface area contributed by atoms with Crippen molar-refractivity contribution in [1.29, 1.82) is 0 Å². The first-order valence-corrected chi connectivity index (χ1v) is 6.24. The lowest BCUT2D eigenvalue weighted by atomic mass is 10.4. The molecule has 9 nitrogen and oxygen atoms in total. The number of nitrogens with zero attached hydrogens (tertiary/aromatic N) is 5. The van der Waals surface area contributed by atoms with Crippen LogP contribution in [0.25, 0.3) is 0 Å². The predicted octanol–water partition coefficient (Wildman–Crippen LogP) is -0.816. The minimum absolute atomic E-state index is 0.0906. The van der Waals surface area contributed by atoms with Gasteiger partial charge in [0.05, 0.1) is 6.54 Å². The van der Waals surface area contributed by atoms with Gasteiger partial charge in [-0.15, -0.1) is 0 Å². The number of hydrogen-bond acceptors (Lipinski definition) is 8. The molecule has 0 aliphatic carbocycles. The van der Waals surface area contributed by atoms with Crippen LogP contribution in [0, 0.1) is 0 Å². The summed E-state index contributed by atoms with van der Waals surface area (Å²) >= 11 is 0. The summed E-state index contributed by atoms with van der Waals surface area (Å²) in [5, 5.41) is 2.81. The Morgan fingerprint density at radius 3 is 2.30 bits per heavy atom. The number of nitrogen functional groups attached to an aromatic ring is 1. The van der Waals surface area contributed by atoms with Gasteiger partial charge in [0.25, 0.3) is 0 Å². The molecule has 0 unspecified atom stereocenters. The Balaban J connectivity index is 2.88. The molecule has 1 amide bonds. The molecule has 0 bridgehead atoms. The Kier molecular flexibility index (Phi) is 5.44. The lowest BCUT2D eigenvalue weighted by Crippen LogP contribution is -2.39. The largest absolute Gasteiger partial charge is 0.352 e. The van der Waals surface area contributed by atoms with E-state index >= 15 is 0 Å². The Morgan fingerprint density at radius 2 is 1.80 bits per heavy atom. The third kappa shape index (κ3) is 4.50. The summed E-state index contributed by atoms with van der Waals surface area (Å²) < 4.78 is 0. The minimum Gasteiger partial charge on any atom is -0.352 e. The van der Waals surface area contributed by atoms with Gasteiger partial charge in [-0.05, 0) is 13.8 Å². The smallest absolute Gasteiger partial charge is 0.243 e. The molecule has 1 heterocycles. The van der Waals surface area contributed by atoms with Gasteiger partial charge in [0.2, 0.25) is 23.8 Å². The van der Waals surface area contributed by atoms with Gasteiger partial charge in [-0.3, -0.25) is 10.2 Å². The molecular formula is C11H22N8O. The van der Waals surface area contributed by atoms with Crippen LogP contribution in [0.4, 0.5) is 17.8 Å². The molecule has 9 heteroatoms. The lowest BCUT2D eigenvalue weighted by Gasteiger charge is -2.20. The second-order valence-corrected chi connectivity index (χ2v) is 4.88. The van der Waals surface area contributed by atoms with Crippen molar-refractivity contribution in [2.24, 2.45) is 5.84 Å². The molecule has 0 aromatic carbocycles. The summed E-state index contributed by atoms with van der Waals surface area (Å²) in [5.41, 5.74) is 2.39. The van der Waals surface area contributed by atoms with Crippen LogP contribution in [0.15, 0.2) is 0 Å². The molecule has 112 valence electrons. The molecule has 4 N–H and O–H groups in total. The van der Waals surface area contributed by atoms with Crippen LogP contribution < -0.4 is 26.4 Å². The maximum Gasteiger partial charge on any atom is 0.243 e. The number of anilines is 3. The standard InChI is InChI=1S/C11H22N8O/c1-7(2)13-8(20)6-19(5)11-15-9(17-12)14-10(16-11)18(3)4/h7H,6,12H2,1-5H3,(H,13,20)(H,14,15,16,17). The number of carbonyl (C=O) groups excluding carboxylic acids is 1. The van der Waals surface area contributed by atoms with Crippen LogP contribution in [0.2, 0.25) is 0 Å². The summed E-state index contributed by atoms with van der Waals surface area (Å²) in [6.07, 6.45) is 0. The molecular weight excluding hydrogens is 260 g/mol. The molecule has 0 radical (unpaired) electrons. The average Bonchev–Trinajstić information content (AvgIpc) is 2.36. The molecule has 1 aromatic heterocycles. The fraction of sp³-hybridized carbons (Fsp3) is 0.636. The second kappa shape index (κ2) is 6.85. The molecule has 0 saturated heterocycles. The van der Waals surface area contributed by atoms with E-state index in [2.05, 4.69) is 25.7 Å². The Hall–Kier alpha value is -2.16. The van der Waals surface area contributed by atoms with E-state index in [0.29, 0.717) is 11.9 Å². The van der Waals surface area contributed by atoms with E-state index < -0.39 is 0 Å². The van der Waals surface area contributed by atoms with Crippen molar-refractivity contribution in [1.82, 2.24) is 20.3 Å². The third-order valence-electron chi connectivity index (χ3n) is 2.31. The number of hydrazine groups is 1. The number of amides is 1. The zero-order chi connectivity index (χ0) is 15.3. The van der Waals surface area contributed by atoms with Gasteiger partial charge in [0, 0.05) is 27.2 Å². The van der Waals surface area contributed by atoms with Gasteiger partial charge < -0.3 is 15.1 Å². The first-order chi connectivity index (χ1) is 9.33. The first-order valence-electron chi connectivity index (χ1n) is 6.24. The summed E-state index contributed by atoms with van der Waals surface area (Å²) in [7, 11) is 5.35. The number of rotatable bonds is 6. The van der Waals surface area contributed by atoms with Crippen molar-refractivity contribution in [3.05, 3.63) is 0 Å². The quantitative estimate of drug-likeness (QED) is 0.458. The molecule has 0 spiro atoms. The van der Waals surface area contributed by atoms with Crippen LogP contribution >= 0.6 is 0 Å². The number of nitrogens with two attached hydrogens (primary N) is 1. The van der Waals surface area contributed by atoms with Gasteiger partial charge in [-0.25, -0.2) is 5.84 Å². The predicted molar refractivity (Wildman–Crippen MR) is 78.5 cm³/mol. The monoisotopic (exact) mass is 282 g/mol. The maximum atomic E-state index is 11.7. The summed E-state index contributed by atoms with van der Waals surface area (Å²) in [6, 6.07) is 0.0906. The summed E-state index contributed by atoms with van der Waals surface area (Å²) in [5.74, 6) is 6.31. The van der Waals surface area contributed by atoms with Crippen LogP contribution in [-0.4, -0.2) is 54.6 Å². The normalized spacial score (nSPS) is 10.3. The Morgan fingerprint density at radius 1 is 1.20 bits per heavy atom. The van der Waals surface area contributed by atoms with E-state index in [0.717, 1.165) is 0 Å². The number of carbonyl (C=O) groups is 1. The highest BCUT2D eigenvalue weighted by atomic mass is 16.2. The van der Waals surface area contributed by atoms with Gasteiger partial charge in [0.15, 0.2) is 0 Å². The molecule has 1 rings (SSSR count). The molecule has 0 atom stereocenters. The van der Waals surface area contributed by atoms with Crippen LogP contribution in [0.3, 0.4) is 0 Å². The molecule has 0 fully saturated rings. The Bertz CT molecular complexity index is 462. The van der Waals surface area contributed by atoms with Crippen LogP contribution in [0.5, 0.6) is 0 Å². The van der Waals surface area contributed by atoms with E-state index in [4.69, 9.17) is 5.84 Å². The number of hydrogen-bond donors (Lipinski definition) is 3. The van der Waals surface area contributed by atoms with Crippen molar-refractivity contribution in [3.8, 4) is 0 Å². The second-order valence-electron chi connectivity index (χ2n) is 4.88. The van der Waals surface area contributed by atoms with E-state index in [1.54, 1.807) is 16.8 Å². The molecule has 0 aliphatic rings. The van der Waals surface area contributed by atoms with Crippen molar-refractivity contribution >= 4 is 23.8 Å². The highest BCUT2D eigenvalue weighted by molar-refractivity contribution is 5.80. The van der Waals surface area contributed by atoms with Crippen molar-refractivity contribution in [3.63, 3.8) is 0 Å². The summed E-state index contributed by atoms with van der Waals surface area (Å²) in [4.78, 5) is 27.6. The third-order valence-corrected chi connectivity index (χ3v) is 2.31. The fourth-order valence-electron chi connectivity index (χ4n) is 1.44. The lowest BCUT2D eigenvalue weighted by molar-refractivity contribution is -0.120. The van der Waals surface area contributed by atoms with E-state index in [1.807, 2.05) is 27.9 Å². The first kappa shape index (κ1) is 15.9. The van der Waals surface area contributed by atoms with E-state index in [-0.39, 0.29) is 24.4 Å². The van der Waals surface area contributed by atoms with Crippen LogP contribution in [0.1, 0.15) is 13.8 Å². The van der Waals surface area contributed by atoms with Gasteiger partial charge in [-0.2, -0.15) is 15.0 Å². The highest BCUT2D eigenvalue weighted by Gasteiger charge is 2.14. The van der Waals surface area contributed by atoms with Crippen molar-refractivity contribution in [2.75, 3.05) is 42.9 Å². The minimum atomic E-state index is -0.100. The number of aromatic nitrogens is 3. The molecule has 0 aliphatic heterocycles. The zero-order valence-electron chi connectivity index (χ0n) is 12.5. The van der Waals surface area contributed by atoms with Crippen LogP contribution in [-0.2, 0) is 4.79 Å². The van der Waals surface area contributed by atoms with Gasteiger partial charge >= 0.3 is 0 Å². The van der Waals surface area contributed by atoms with Crippen molar-refractivity contribution < 1.29 is 4.79 Å². The average molecular weight is 282 g/mol. The zero-order valence-corrected chi connectivity index (χ0v) is 12.5. The van der Waals surface area contributed by atoms with Gasteiger partial charge in [0.1, 0.15) is 0 Å². The van der Waals surface area contributed by atoms with E-state index in [1.165, 1.54) is 0 Å². The van der Waals surface area contributed by atoms with Gasteiger partial charge in [-0.1, -0.05) is 0 Å². The maximum absolute atomic E-state index is 11.7.